The van der Waals surface area contributed by atoms with Crippen molar-refractivity contribution in [3.8, 4) is 0 Å². The second-order valence-electron chi connectivity index (χ2n) is 6.22. The van der Waals surface area contributed by atoms with E-state index in [2.05, 4.69) is 79.1 Å². The zero-order valence-corrected chi connectivity index (χ0v) is 13.6. The number of thiophene rings is 1. The summed E-state index contributed by atoms with van der Waals surface area (Å²) < 4.78 is 0. The maximum absolute atomic E-state index is 3.57. The van der Waals surface area contributed by atoms with Crippen LogP contribution < -0.4 is 10.2 Å². The predicted octanol–water partition coefficient (Wildman–Crippen LogP) is 4.27. The van der Waals surface area contributed by atoms with Crippen LogP contribution in [0.25, 0.3) is 0 Å². The molecule has 1 aromatic carbocycles. The zero-order valence-electron chi connectivity index (χ0n) is 12.8. The number of benzene rings is 1. The Hall–Kier alpha value is -1.32. The minimum Gasteiger partial charge on any atom is -0.370 e. The third kappa shape index (κ3) is 4.36. The van der Waals surface area contributed by atoms with Crippen molar-refractivity contribution in [3.63, 3.8) is 0 Å². The number of anilines is 1. The average molecular weight is 288 g/mol. The molecule has 0 amide bonds. The van der Waals surface area contributed by atoms with Gasteiger partial charge in [-0.1, -0.05) is 18.2 Å². The summed E-state index contributed by atoms with van der Waals surface area (Å²) in [6.45, 7) is 8.45. The highest BCUT2D eigenvalue weighted by molar-refractivity contribution is 7.07. The fourth-order valence-corrected chi connectivity index (χ4v) is 2.79. The lowest BCUT2D eigenvalue weighted by Gasteiger charge is -2.25. The summed E-state index contributed by atoms with van der Waals surface area (Å²) in [6.07, 6.45) is 0. The van der Waals surface area contributed by atoms with Gasteiger partial charge in [0.15, 0.2) is 0 Å². The number of nitrogens with one attached hydrogen (secondary N) is 1. The van der Waals surface area contributed by atoms with Gasteiger partial charge in [0.2, 0.25) is 0 Å². The molecule has 0 aliphatic heterocycles. The Kier molecular flexibility index (Phi) is 4.84. The molecular formula is C17H24N2S. The van der Waals surface area contributed by atoms with Crippen molar-refractivity contribution in [1.82, 2.24) is 5.32 Å². The molecule has 2 aromatic rings. The third-order valence-electron chi connectivity index (χ3n) is 3.21. The minimum atomic E-state index is 0.138. The molecule has 0 bridgehead atoms. The first-order valence-electron chi connectivity index (χ1n) is 7.01. The molecular weight excluding hydrogens is 264 g/mol. The molecule has 0 aliphatic carbocycles. The molecule has 0 atom stereocenters. The number of hydrogen-bond acceptors (Lipinski definition) is 3. The van der Waals surface area contributed by atoms with E-state index in [9.17, 15) is 0 Å². The van der Waals surface area contributed by atoms with Crippen LogP contribution in [0.2, 0.25) is 0 Å². The van der Waals surface area contributed by atoms with Crippen molar-refractivity contribution >= 4 is 17.0 Å². The van der Waals surface area contributed by atoms with E-state index in [1.165, 1.54) is 16.8 Å². The first-order valence-corrected chi connectivity index (χ1v) is 7.95. The van der Waals surface area contributed by atoms with Crippen molar-refractivity contribution in [2.45, 2.75) is 39.4 Å². The summed E-state index contributed by atoms with van der Waals surface area (Å²) in [4.78, 5) is 2.32. The zero-order chi connectivity index (χ0) is 14.6. The quantitative estimate of drug-likeness (QED) is 0.883. The van der Waals surface area contributed by atoms with E-state index in [1.807, 2.05) is 0 Å². The van der Waals surface area contributed by atoms with Gasteiger partial charge in [-0.05, 0) is 54.8 Å². The van der Waals surface area contributed by atoms with Crippen molar-refractivity contribution in [2.75, 3.05) is 11.9 Å². The van der Waals surface area contributed by atoms with Crippen LogP contribution in [0.1, 0.15) is 31.9 Å². The minimum absolute atomic E-state index is 0.138. The molecule has 3 heteroatoms. The van der Waals surface area contributed by atoms with Gasteiger partial charge in [0.1, 0.15) is 0 Å². The number of rotatable bonds is 5. The van der Waals surface area contributed by atoms with E-state index in [-0.39, 0.29) is 5.54 Å². The average Bonchev–Trinajstić information content (AvgIpc) is 2.88. The van der Waals surface area contributed by atoms with Gasteiger partial charge < -0.3 is 10.2 Å². The summed E-state index contributed by atoms with van der Waals surface area (Å²) in [5, 5.41) is 7.92. The second-order valence-corrected chi connectivity index (χ2v) is 7.00. The van der Waals surface area contributed by atoms with E-state index in [0.29, 0.717) is 0 Å². The van der Waals surface area contributed by atoms with Gasteiger partial charge in [-0.25, -0.2) is 0 Å². The Labute approximate surface area is 126 Å². The molecule has 2 nitrogen and oxygen atoms in total. The summed E-state index contributed by atoms with van der Waals surface area (Å²) in [7, 11) is 2.16. The van der Waals surface area contributed by atoms with Crippen molar-refractivity contribution < 1.29 is 0 Å². The van der Waals surface area contributed by atoms with E-state index in [0.717, 1.165) is 13.1 Å². The molecule has 0 radical (unpaired) electrons. The highest BCUT2D eigenvalue weighted by Gasteiger charge is 2.12. The molecule has 108 valence electrons. The fraction of sp³-hybridized carbons (Fsp3) is 0.412. The molecule has 0 saturated carbocycles. The Morgan fingerprint density at radius 3 is 2.55 bits per heavy atom. The SMILES string of the molecule is CN(Cc1ccsc1)c1ccccc1CNC(C)(C)C. The number of nitrogens with zero attached hydrogens (tertiary/aromatic N) is 1. The van der Waals surface area contributed by atoms with Gasteiger partial charge in [-0.3, -0.25) is 0 Å². The molecule has 0 unspecified atom stereocenters. The Bertz CT molecular complexity index is 526. The first kappa shape index (κ1) is 15.1. The lowest BCUT2D eigenvalue weighted by Crippen LogP contribution is -2.35. The van der Waals surface area contributed by atoms with Gasteiger partial charge in [0.25, 0.3) is 0 Å². The van der Waals surface area contributed by atoms with Crippen molar-refractivity contribution in [2.24, 2.45) is 0 Å². The number of hydrogen-bond donors (Lipinski definition) is 1. The first-order chi connectivity index (χ1) is 9.46. The highest BCUT2D eigenvalue weighted by atomic mass is 32.1. The monoisotopic (exact) mass is 288 g/mol. The molecule has 0 saturated heterocycles. The lowest BCUT2D eigenvalue weighted by molar-refractivity contribution is 0.424. The molecule has 0 aliphatic rings. The van der Waals surface area contributed by atoms with Gasteiger partial charge in [-0.15, -0.1) is 0 Å². The Morgan fingerprint density at radius 1 is 1.15 bits per heavy atom. The Balaban J connectivity index is 2.10. The summed E-state index contributed by atoms with van der Waals surface area (Å²) in [5.74, 6) is 0. The van der Waals surface area contributed by atoms with Crippen LogP contribution in [0.4, 0.5) is 5.69 Å². The van der Waals surface area contributed by atoms with Crippen LogP contribution >= 0.6 is 11.3 Å². The maximum Gasteiger partial charge on any atom is 0.0434 e. The van der Waals surface area contributed by atoms with Crippen LogP contribution in [-0.2, 0) is 13.1 Å². The highest BCUT2D eigenvalue weighted by Crippen LogP contribution is 2.22. The fourth-order valence-electron chi connectivity index (χ4n) is 2.13. The van der Waals surface area contributed by atoms with E-state index >= 15 is 0 Å². The molecule has 2 rings (SSSR count). The largest absolute Gasteiger partial charge is 0.370 e. The van der Waals surface area contributed by atoms with Crippen LogP contribution in [0, 0.1) is 0 Å². The molecule has 1 aromatic heterocycles. The maximum atomic E-state index is 3.57. The van der Waals surface area contributed by atoms with Crippen LogP contribution in [-0.4, -0.2) is 12.6 Å². The van der Waals surface area contributed by atoms with E-state index in [1.54, 1.807) is 11.3 Å². The van der Waals surface area contributed by atoms with Crippen LogP contribution in [0.3, 0.4) is 0 Å². The predicted molar refractivity (Wildman–Crippen MR) is 89.5 cm³/mol. The lowest BCUT2D eigenvalue weighted by atomic mass is 10.1. The van der Waals surface area contributed by atoms with Gasteiger partial charge in [-0.2, -0.15) is 11.3 Å². The standard InChI is InChI=1S/C17H24N2S/c1-17(2,3)18-11-15-7-5-6-8-16(15)19(4)12-14-9-10-20-13-14/h5-10,13,18H,11-12H2,1-4H3. The number of para-hydroxylation sites is 1. The second kappa shape index (κ2) is 6.42. The van der Waals surface area contributed by atoms with Gasteiger partial charge >= 0.3 is 0 Å². The van der Waals surface area contributed by atoms with Gasteiger partial charge in [0.05, 0.1) is 0 Å². The molecule has 0 fully saturated rings. The van der Waals surface area contributed by atoms with Gasteiger partial charge in [0, 0.05) is 31.4 Å². The summed E-state index contributed by atoms with van der Waals surface area (Å²) in [5.41, 5.74) is 4.16. The smallest absolute Gasteiger partial charge is 0.0434 e. The third-order valence-corrected chi connectivity index (χ3v) is 3.94. The van der Waals surface area contributed by atoms with E-state index < -0.39 is 0 Å². The molecule has 20 heavy (non-hydrogen) atoms. The molecule has 1 heterocycles. The topological polar surface area (TPSA) is 15.3 Å². The summed E-state index contributed by atoms with van der Waals surface area (Å²) in [6, 6.07) is 10.8. The van der Waals surface area contributed by atoms with E-state index in [4.69, 9.17) is 0 Å². The van der Waals surface area contributed by atoms with Crippen LogP contribution in [0.15, 0.2) is 41.1 Å². The Morgan fingerprint density at radius 2 is 1.90 bits per heavy atom. The normalized spacial score (nSPS) is 11.6. The summed E-state index contributed by atoms with van der Waals surface area (Å²) >= 11 is 1.76. The van der Waals surface area contributed by atoms with Crippen molar-refractivity contribution in [1.29, 1.82) is 0 Å². The molecule has 0 spiro atoms. The van der Waals surface area contributed by atoms with Crippen molar-refractivity contribution in [3.05, 3.63) is 52.2 Å². The molecule has 1 N–H and O–H groups in total. The van der Waals surface area contributed by atoms with Crippen LogP contribution in [0.5, 0.6) is 0 Å².